The summed E-state index contributed by atoms with van der Waals surface area (Å²) in [5.41, 5.74) is 8.03. The second-order valence-electron chi connectivity index (χ2n) is 9.68. The van der Waals surface area contributed by atoms with E-state index >= 15 is 0 Å². The lowest BCUT2D eigenvalue weighted by molar-refractivity contribution is 0.194. The number of aryl methyl sites for hydroxylation is 2. The fourth-order valence-corrected chi connectivity index (χ4v) is 5.51. The van der Waals surface area contributed by atoms with Crippen molar-refractivity contribution in [2.75, 3.05) is 13.7 Å². The Kier molecular flexibility index (Phi) is 7.88. The van der Waals surface area contributed by atoms with Crippen LogP contribution in [0, 0.1) is 0 Å². The lowest BCUT2D eigenvalue weighted by Gasteiger charge is -2.14. The SMILES string of the molecule is COCCCc1nc(-c2nc([C@@H]3CCc4nc(-c5cc(Cl)ccc5-n5cnnn5)cc(=O)n43)[nH]c2Cl)ccc1OC(N)=O. The largest absolute Gasteiger partial charge is 0.410 e. The number of aromatic nitrogens is 9. The molecule has 0 bridgehead atoms. The fraction of sp³-hybridized carbons (Fsp3) is 0.259. The van der Waals surface area contributed by atoms with Crippen LogP contribution in [0.25, 0.3) is 28.3 Å². The third kappa shape index (κ3) is 5.71. The van der Waals surface area contributed by atoms with E-state index in [1.54, 1.807) is 42.0 Å². The molecule has 0 fully saturated rings. The number of H-pyrrole nitrogens is 1. The number of methoxy groups -OCH3 is 1. The van der Waals surface area contributed by atoms with E-state index in [9.17, 15) is 9.59 Å². The van der Waals surface area contributed by atoms with Crippen LogP contribution in [0.5, 0.6) is 5.75 Å². The molecule has 0 aliphatic carbocycles. The summed E-state index contributed by atoms with van der Waals surface area (Å²) in [6, 6.07) is 9.47. The van der Waals surface area contributed by atoms with E-state index < -0.39 is 12.1 Å². The Balaban J connectivity index is 1.34. The summed E-state index contributed by atoms with van der Waals surface area (Å²) in [6.07, 6.45) is 2.74. The molecule has 0 saturated carbocycles. The highest BCUT2D eigenvalue weighted by molar-refractivity contribution is 6.32. The first-order valence-corrected chi connectivity index (χ1v) is 14.0. The predicted octanol–water partition coefficient (Wildman–Crippen LogP) is 3.55. The van der Waals surface area contributed by atoms with Crippen LogP contribution in [-0.4, -0.2) is 64.5 Å². The van der Waals surface area contributed by atoms with Gasteiger partial charge >= 0.3 is 6.09 Å². The molecule has 1 atom stereocenters. The monoisotopic (exact) mass is 622 g/mol. The Morgan fingerprint density at radius 1 is 1.14 bits per heavy atom. The standard InChI is InChI=1S/C27H24Cl2N10O4/c1-42-10-2-3-16-21(43-27(30)41)8-5-17(32-16)24-25(29)35-26(34-24)20-7-9-22-33-18(12-23(40)39(20)22)15-11-14(28)4-6-19(15)38-13-31-36-37-38/h4-6,8,11-13,20H,2-3,7,9-10H2,1H3,(H2,30,41)(H,34,35)/t20-/m0/s1. The number of hydrogen-bond acceptors (Lipinski definition) is 10. The minimum Gasteiger partial charge on any atom is -0.409 e. The minimum atomic E-state index is -0.938. The summed E-state index contributed by atoms with van der Waals surface area (Å²) in [5.74, 6) is 1.34. The van der Waals surface area contributed by atoms with Crippen LogP contribution in [0.4, 0.5) is 4.79 Å². The quantitative estimate of drug-likeness (QED) is 0.230. The first-order valence-electron chi connectivity index (χ1n) is 13.2. The molecule has 16 heteroatoms. The van der Waals surface area contributed by atoms with Crippen molar-refractivity contribution in [3.8, 4) is 34.1 Å². The molecule has 5 heterocycles. The minimum absolute atomic E-state index is 0.250. The van der Waals surface area contributed by atoms with Gasteiger partial charge in [0.05, 0.1) is 28.8 Å². The molecule has 0 saturated heterocycles. The normalized spacial score (nSPS) is 14.2. The van der Waals surface area contributed by atoms with Gasteiger partial charge in [-0.3, -0.25) is 9.36 Å². The van der Waals surface area contributed by atoms with Crippen molar-refractivity contribution in [1.82, 2.24) is 44.7 Å². The molecule has 1 aliphatic heterocycles. The van der Waals surface area contributed by atoms with Crippen molar-refractivity contribution in [3.63, 3.8) is 0 Å². The third-order valence-corrected chi connectivity index (χ3v) is 7.46. The van der Waals surface area contributed by atoms with Gasteiger partial charge in [-0.05, 0) is 60.0 Å². The summed E-state index contributed by atoms with van der Waals surface area (Å²) in [5, 5.41) is 12.1. The smallest absolute Gasteiger partial charge is 0.409 e. The molecule has 0 radical (unpaired) electrons. The van der Waals surface area contributed by atoms with Crippen LogP contribution < -0.4 is 16.0 Å². The van der Waals surface area contributed by atoms with Crippen molar-refractivity contribution in [3.05, 3.63) is 80.6 Å². The highest BCUT2D eigenvalue weighted by atomic mass is 35.5. The van der Waals surface area contributed by atoms with E-state index in [1.807, 2.05) is 0 Å². The second-order valence-corrected chi connectivity index (χ2v) is 10.5. The molecular formula is C27H24Cl2N10O4. The Bertz CT molecular complexity index is 1870. The van der Waals surface area contributed by atoms with E-state index in [2.05, 4.69) is 25.5 Å². The molecule has 3 N–H and O–H groups in total. The number of carbonyl (C=O) groups excluding carboxylic acids is 1. The number of primary amides is 1. The number of pyridine rings is 1. The lowest BCUT2D eigenvalue weighted by atomic mass is 10.1. The number of nitrogens with zero attached hydrogens (tertiary/aromatic N) is 8. The number of nitrogens with one attached hydrogen (secondary N) is 1. The Hall–Kier alpha value is -4.66. The van der Waals surface area contributed by atoms with Crippen LogP contribution in [0.2, 0.25) is 10.2 Å². The molecule has 220 valence electrons. The first-order chi connectivity index (χ1) is 20.8. The summed E-state index contributed by atoms with van der Waals surface area (Å²) < 4.78 is 13.3. The van der Waals surface area contributed by atoms with Crippen molar-refractivity contribution in [2.24, 2.45) is 5.73 Å². The maximum absolute atomic E-state index is 13.5. The van der Waals surface area contributed by atoms with Crippen molar-refractivity contribution < 1.29 is 14.3 Å². The zero-order valence-corrected chi connectivity index (χ0v) is 24.2. The van der Waals surface area contributed by atoms with Gasteiger partial charge in [-0.15, -0.1) is 5.10 Å². The van der Waals surface area contributed by atoms with Gasteiger partial charge in [0.2, 0.25) is 0 Å². The molecule has 14 nitrogen and oxygen atoms in total. The zero-order chi connectivity index (χ0) is 30.1. The van der Waals surface area contributed by atoms with Crippen LogP contribution in [0.15, 0.2) is 47.5 Å². The number of rotatable bonds is 9. The van der Waals surface area contributed by atoms with Crippen LogP contribution in [0.3, 0.4) is 0 Å². The second kappa shape index (κ2) is 11.9. The lowest BCUT2D eigenvalue weighted by Crippen LogP contribution is -2.25. The number of benzene rings is 1. The molecule has 43 heavy (non-hydrogen) atoms. The molecule has 0 unspecified atom stereocenters. The predicted molar refractivity (Wildman–Crippen MR) is 155 cm³/mol. The van der Waals surface area contributed by atoms with Gasteiger partial charge in [-0.25, -0.2) is 19.7 Å². The van der Waals surface area contributed by atoms with Crippen LogP contribution in [0.1, 0.15) is 36.2 Å². The summed E-state index contributed by atoms with van der Waals surface area (Å²) in [6.45, 7) is 0.497. The molecule has 1 amide bonds. The Morgan fingerprint density at radius 2 is 2.00 bits per heavy atom. The van der Waals surface area contributed by atoms with Gasteiger partial charge in [-0.2, -0.15) is 4.68 Å². The van der Waals surface area contributed by atoms with E-state index in [0.717, 1.165) is 0 Å². The highest BCUT2D eigenvalue weighted by Gasteiger charge is 2.30. The van der Waals surface area contributed by atoms with Gasteiger partial charge in [0.15, 0.2) is 5.75 Å². The fourth-order valence-electron chi connectivity index (χ4n) is 5.11. The Labute approximate surface area is 253 Å². The Morgan fingerprint density at radius 3 is 2.77 bits per heavy atom. The summed E-state index contributed by atoms with van der Waals surface area (Å²) in [7, 11) is 1.60. The van der Waals surface area contributed by atoms with E-state index in [4.69, 9.17) is 48.4 Å². The number of fused-ring (bicyclic) bond motifs is 1. The van der Waals surface area contributed by atoms with Gasteiger partial charge in [0.25, 0.3) is 5.56 Å². The van der Waals surface area contributed by atoms with Gasteiger partial charge in [-0.1, -0.05) is 23.2 Å². The molecule has 0 spiro atoms. The third-order valence-electron chi connectivity index (χ3n) is 6.95. The average molecular weight is 623 g/mol. The number of hydrogen-bond donors (Lipinski definition) is 2. The molecule has 1 aliphatic rings. The number of halogens is 2. The number of amides is 1. The summed E-state index contributed by atoms with van der Waals surface area (Å²) >= 11 is 12.9. The molecular weight excluding hydrogens is 599 g/mol. The molecule has 4 aromatic heterocycles. The topological polar surface area (TPSA) is 182 Å². The van der Waals surface area contributed by atoms with Gasteiger partial charge in [0.1, 0.15) is 28.8 Å². The van der Waals surface area contributed by atoms with Crippen molar-refractivity contribution in [2.45, 2.75) is 31.7 Å². The highest BCUT2D eigenvalue weighted by Crippen LogP contribution is 2.35. The zero-order valence-electron chi connectivity index (χ0n) is 22.7. The summed E-state index contributed by atoms with van der Waals surface area (Å²) in [4.78, 5) is 42.2. The van der Waals surface area contributed by atoms with Crippen molar-refractivity contribution in [1.29, 1.82) is 0 Å². The number of ether oxygens (including phenoxy) is 2. The number of tetrazole rings is 1. The molecule has 6 rings (SSSR count). The van der Waals surface area contributed by atoms with Gasteiger partial charge < -0.3 is 20.2 Å². The van der Waals surface area contributed by atoms with Crippen molar-refractivity contribution >= 4 is 29.3 Å². The molecule has 5 aromatic rings. The number of carbonyl (C=O) groups is 1. The maximum Gasteiger partial charge on any atom is 0.410 e. The van der Waals surface area contributed by atoms with E-state index in [-0.39, 0.29) is 16.5 Å². The van der Waals surface area contributed by atoms with Crippen LogP contribution >= 0.6 is 23.2 Å². The number of aromatic amines is 1. The number of imidazole rings is 1. The molecule has 1 aromatic carbocycles. The number of nitrogens with two attached hydrogens (primary N) is 1. The maximum atomic E-state index is 13.5. The first kappa shape index (κ1) is 28.5. The average Bonchev–Trinajstić information content (AvgIpc) is 3.74. The van der Waals surface area contributed by atoms with E-state index in [0.29, 0.717) is 83.0 Å². The van der Waals surface area contributed by atoms with Crippen LogP contribution in [-0.2, 0) is 17.6 Å². The van der Waals surface area contributed by atoms with Gasteiger partial charge in [0, 0.05) is 36.8 Å². The van der Waals surface area contributed by atoms with E-state index in [1.165, 1.54) is 17.1 Å².